The van der Waals surface area contributed by atoms with Gasteiger partial charge in [0.1, 0.15) is 29.4 Å². The first-order valence-corrected chi connectivity index (χ1v) is 26.1. The minimum absolute atomic E-state index is 0.0323. The van der Waals surface area contributed by atoms with Gasteiger partial charge in [-0.15, -0.1) is 0 Å². The zero-order valence-electron chi connectivity index (χ0n) is 42.8. The average molecular weight is 1090 g/mol. The second kappa shape index (κ2) is 28.2. The van der Waals surface area contributed by atoms with E-state index in [0.29, 0.717) is 115 Å². The SMILES string of the molecule is Cc1nc(Nc2ncc(C(=O)Nc3c(C)cccc3Cl)s2)nc(N2CCN(CCNC(=O)OCc3ccc(NC(=O)[C@H](CCCNC(N)=O)NC(=O)[C@@H](NC(=O)CCCCCN4C(=O)C=CC4=O)C(C)C)cc3)CC2)n1. The van der Waals surface area contributed by atoms with Gasteiger partial charge in [0.25, 0.3) is 17.7 Å². The molecule has 6 rings (SSSR count). The molecule has 406 valence electrons. The molecule has 0 spiro atoms. The highest BCUT2D eigenvalue weighted by molar-refractivity contribution is 7.17. The number of halogens is 1. The number of primary amides is 1. The molecule has 0 saturated carbocycles. The van der Waals surface area contributed by atoms with Crippen molar-refractivity contribution in [3.8, 4) is 0 Å². The standard InChI is InChI=1S/C50H64ClN15O9S/c1-30(2)41(60-38(67)13-6-5-7-22-66-39(68)18-19-40(66)69)45(72)59-36(12-9-20-53-46(52)73)43(70)58-34-16-14-33(15-17-34)29-75-50(74)54-21-23-64-24-26-65(27-25-64)48-57-32(4)56-47(62-48)63-49-55-28-37(76-49)44(71)61-42-31(3)10-8-11-35(42)51/h8,10-11,14-19,28,30,36,41H,5-7,9,12-13,20-27,29H2,1-4H3,(H,54,74)(H,58,70)(H,59,72)(H,60,67)(H,61,71)(H3,52,53,73)(H,55,56,57,62,63)/t36-,41-/m0/s1. The molecule has 26 heteroatoms. The number of piperazine rings is 1. The third kappa shape index (κ3) is 17.7. The molecule has 0 radical (unpaired) electrons. The lowest BCUT2D eigenvalue weighted by atomic mass is 10.0. The highest BCUT2D eigenvalue weighted by Crippen LogP contribution is 2.28. The largest absolute Gasteiger partial charge is 0.445 e. The van der Waals surface area contributed by atoms with Crippen molar-refractivity contribution >= 4 is 98.9 Å². The Morgan fingerprint density at radius 1 is 0.816 bits per heavy atom. The fourth-order valence-electron chi connectivity index (χ4n) is 7.98. The van der Waals surface area contributed by atoms with E-state index in [1.807, 2.05) is 19.1 Å². The predicted octanol–water partition coefficient (Wildman–Crippen LogP) is 4.14. The molecule has 24 nitrogen and oxygen atoms in total. The summed E-state index contributed by atoms with van der Waals surface area (Å²) in [4.78, 5) is 124. The molecule has 4 heterocycles. The van der Waals surface area contributed by atoms with Gasteiger partial charge in [0.2, 0.25) is 29.6 Å². The zero-order chi connectivity index (χ0) is 54.7. The number of urea groups is 1. The van der Waals surface area contributed by atoms with Crippen LogP contribution < -0.4 is 47.9 Å². The molecule has 2 aliphatic heterocycles. The Bertz CT molecular complexity index is 2710. The summed E-state index contributed by atoms with van der Waals surface area (Å²) in [6.07, 6.45) is 5.47. The fraction of sp³-hybridized carbons (Fsp3) is 0.440. The van der Waals surface area contributed by atoms with Gasteiger partial charge in [0.15, 0.2) is 5.13 Å². The number of aromatic nitrogens is 4. The summed E-state index contributed by atoms with van der Waals surface area (Å²) in [5, 5.41) is 20.4. The number of aryl methyl sites for hydroxylation is 2. The van der Waals surface area contributed by atoms with Gasteiger partial charge in [-0.2, -0.15) is 15.0 Å². The van der Waals surface area contributed by atoms with Crippen molar-refractivity contribution in [2.75, 3.05) is 73.2 Å². The van der Waals surface area contributed by atoms with Crippen LogP contribution >= 0.6 is 22.9 Å². The summed E-state index contributed by atoms with van der Waals surface area (Å²) >= 11 is 7.44. The van der Waals surface area contributed by atoms with Gasteiger partial charge in [-0.3, -0.25) is 43.9 Å². The van der Waals surface area contributed by atoms with Crippen molar-refractivity contribution in [1.82, 2.24) is 51.0 Å². The fourth-order valence-corrected chi connectivity index (χ4v) is 8.95. The Morgan fingerprint density at radius 3 is 2.25 bits per heavy atom. The number of benzene rings is 2. The number of imide groups is 1. The molecule has 1 fully saturated rings. The van der Waals surface area contributed by atoms with Crippen LogP contribution in [-0.2, 0) is 35.3 Å². The first-order valence-electron chi connectivity index (χ1n) is 24.9. The van der Waals surface area contributed by atoms with E-state index in [1.54, 1.807) is 51.1 Å². The van der Waals surface area contributed by atoms with E-state index in [2.05, 4.69) is 67.0 Å². The number of thiazole rings is 1. The monoisotopic (exact) mass is 1090 g/mol. The van der Waals surface area contributed by atoms with Crippen molar-refractivity contribution in [3.05, 3.63) is 87.7 Å². The van der Waals surface area contributed by atoms with E-state index < -0.39 is 36.0 Å². The highest BCUT2D eigenvalue weighted by Gasteiger charge is 2.29. The van der Waals surface area contributed by atoms with E-state index in [4.69, 9.17) is 22.1 Å². The van der Waals surface area contributed by atoms with Crippen LogP contribution in [0.3, 0.4) is 0 Å². The van der Waals surface area contributed by atoms with Gasteiger partial charge in [0.05, 0.1) is 16.9 Å². The van der Waals surface area contributed by atoms with Gasteiger partial charge in [-0.25, -0.2) is 14.6 Å². The number of para-hydroxylation sites is 1. The third-order valence-corrected chi connectivity index (χ3v) is 13.4. The predicted molar refractivity (Wildman–Crippen MR) is 286 cm³/mol. The molecule has 2 aromatic heterocycles. The van der Waals surface area contributed by atoms with Gasteiger partial charge in [-0.05, 0) is 74.8 Å². The topological polar surface area (TPSA) is 317 Å². The summed E-state index contributed by atoms with van der Waals surface area (Å²) in [5.74, 6) is -1.53. The quantitative estimate of drug-likeness (QED) is 0.0324. The number of ether oxygens (including phenoxy) is 1. The Morgan fingerprint density at radius 2 is 1.55 bits per heavy atom. The van der Waals surface area contributed by atoms with Crippen molar-refractivity contribution in [1.29, 1.82) is 0 Å². The number of alkyl carbamates (subject to hydrolysis) is 1. The third-order valence-electron chi connectivity index (χ3n) is 12.1. The van der Waals surface area contributed by atoms with Crippen molar-refractivity contribution < 1.29 is 43.1 Å². The molecule has 9 N–H and O–H groups in total. The number of nitrogens with one attached hydrogen (secondary N) is 7. The summed E-state index contributed by atoms with van der Waals surface area (Å²) < 4.78 is 5.44. The Labute approximate surface area is 448 Å². The first-order chi connectivity index (χ1) is 36.4. The number of amides is 9. The van der Waals surface area contributed by atoms with Gasteiger partial charge in [-0.1, -0.05) is 67.5 Å². The lowest BCUT2D eigenvalue weighted by molar-refractivity contribution is -0.137. The summed E-state index contributed by atoms with van der Waals surface area (Å²) in [7, 11) is 0. The number of nitrogens with zero attached hydrogens (tertiary/aromatic N) is 7. The Hall–Kier alpha value is -7.77. The van der Waals surface area contributed by atoms with E-state index >= 15 is 0 Å². The molecule has 0 bridgehead atoms. The summed E-state index contributed by atoms with van der Waals surface area (Å²) in [6, 6.07) is 9.30. The van der Waals surface area contributed by atoms with E-state index in [0.717, 1.165) is 21.8 Å². The maximum Gasteiger partial charge on any atom is 0.407 e. The summed E-state index contributed by atoms with van der Waals surface area (Å²) in [6.45, 7) is 11.1. The number of anilines is 5. The number of rotatable bonds is 26. The molecule has 2 atom stereocenters. The maximum absolute atomic E-state index is 13.6. The lowest BCUT2D eigenvalue weighted by Gasteiger charge is -2.34. The van der Waals surface area contributed by atoms with Gasteiger partial charge < -0.3 is 47.3 Å². The number of hydrogen-bond acceptors (Lipinski definition) is 17. The molecule has 0 unspecified atom stereocenters. The van der Waals surface area contributed by atoms with E-state index in [9.17, 15) is 38.4 Å². The minimum Gasteiger partial charge on any atom is -0.445 e. The van der Waals surface area contributed by atoms with Crippen LogP contribution in [0.5, 0.6) is 0 Å². The van der Waals surface area contributed by atoms with Gasteiger partial charge in [0, 0.05) is 76.6 Å². The van der Waals surface area contributed by atoms with E-state index in [1.165, 1.54) is 18.3 Å². The molecular weight excluding hydrogens is 1020 g/mol. The normalized spacial score (nSPS) is 14.2. The molecule has 76 heavy (non-hydrogen) atoms. The van der Waals surface area contributed by atoms with E-state index in [-0.39, 0.29) is 62.1 Å². The lowest BCUT2D eigenvalue weighted by Crippen LogP contribution is -2.54. The van der Waals surface area contributed by atoms with Crippen molar-refractivity contribution in [3.63, 3.8) is 0 Å². The Kier molecular flexibility index (Phi) is 21.4. The van der Waals surface area contributed by atoms with Crippen LogP contribution in [-0.4, -0.2) is 142 Å². The number of nitrogens with two attached hydrogens (primary N) is 1. The molecular formula is C50H64ClN15O9S. The van der Waals surface area contributed by atoms with Gasteiger partial charge >= 0.3 is 12.1 Å². The van der Waals surface area contributed by atoms with Crippen LogP contribution in [0.15, 0.2) is 60.8 Å². The van der Waals surface area contributed by atoms with Crippen LogP contribution in [0.4, 0.5) is 38.0 Å². The highest BCUT2D eigenvalue weighted by atomic mass is 35.5. The molecule has 2 aromatic carbocycles. The van der Waals surface area contributed by atoms with Crippen molar-refractivity contribution in [2.45, 2.75) is 84.9 Å². The molecule has 1 saturated heterocycles. The smallest absolute Gasteiger partial charge is 0.407 e. The van der Waals surface area contributed by atoms with Crippen molar-refractivity contribution in [2.24, 2.45) is 11.7 Å². The van der Waals surface area contributed by atoms with Crippen LogP contribution in [0, 0.1) is 19.8 Å². The molecule has 2 aliphatic rings. The number of unbranched alkanes of at least 4 members (excludes halogenated alkanes) is 2. The van der Waals surface area contributed by atoms with Crippen LogP contribution in [0.1, 0.15) is 79.0 Å². The minimum atomic E-state index is -1.04. The number of carbonyl (C=O) groups is 8. The molecule has 4 aromatic rings. The number of carbonyl (C=O) groups excluding carboxylic acids is 8. The second-order valence-electron chi connectivity index (χ2n) is 18.3. The van der Waals surface area contributed by atoms with Crippen LogP contribution in [0.25, 0.3) is 0 Å². The maximum atomic E-state index is 13.6. The Balaban J connectivity index is 0.895. The average Bonchev–Trinajstić information content (AvgIpc) is 3.99. The first kappa shape index (κ1) is 57.5. The second-order valence-corrected chi connectivity index (χ2v) is 19.8. The van der Waals surface area contributed by atoms with Crippen LogP contribution in [0.2, 0.25) is 5.02 Å². The zero-order valence-corrected chi connectivity index (χ0v) is 44.4. The number of hydrogen-bond donors (Lipinski definition) is 8. The summed E-state index contributed by atoms with van der Waals surface area (Å²) in [5.41, 5.74) is 7.65. The molecule has 0 aliphatic carbocycles. The molecule has 9 amide bonds.